The average molecular weight is 335 g/mol. The highest BCUT2D eigenvalue weighted by Crippen LogP contribution is 2.28. The summed E-state index contributed by atoms with van der Waals surface area (Å²) in [6, 6.07) is 5.59. The van der Waals surface area contributed by atoms with Gasteiger partial charge in [0.15, 0.2) is 0 Å². The van der Waals surface area contributed by atoms with Crippen LogP contribution in [0.5, 0.6) is 0 Å². The van der Waals surface area contributed by atoms with Gasteiger partial charge < -0.3 is 9.84 Å². The summed E-state index contributed by atoms with van der Waals surface area (Å²) in [6.45, 7) is 4.34. The molecule has 0 aromatic heterocycles. The minimum absolute atomic E-state index is 0.506. The number of aliphatic hydroxyl groups excluding tert-OH is 1. The third kappa shape index (κ3) is 3.93. The van der Waals surface area contributed by atoms with Gasteiger partial charge in [-0.25, -0.2) is 0 Å². The van der Waals surface area contributed by atoms with E-state index < -0.39 is 6.10 Å². The molecule has 1 aliphatic heterocycles. The molecule has 2 rings (SSSR count). The highest BCUT2D eigenvalue weighted by molar-refractivity contribution is 9.10. The maximum Gasteiger partial charge on any atom is 0.0816 e. The lowest BCUT2D eigenvalue weighted by molar-refractivity contribution is 0.0300. The number of benzene rings is 1. The summed E-state index contributed by atoms with van der Waals surface area (Å²) in [7, 11) is 0. The normalized spacial score (nSPS) is 18.8. The number of rotatable bonds is 4. The lowest BCUT2D eigenvalue weighted by Crippen LogP contribution is -2.37. The van der Waals surface area contributed by atoms with Gasteiger partial charge in [-0.1, -0.05) is 33.6 Å². The van der Waals surface area contributed by atoms with Crippen LogP contribution in [0.2, 0.25) is 5.02 Å². The van der Waals surface area contributed by atoms with Crippen molar-refractivity contribution < 1.29 is 9.84 Å². The van der Waals surface area contributed by atoms with E-state index in [2.05, 4.69) is 20.8 Å². The molecular formula is C13H17BrClNO2. The zero-order valence-electron chi connectivity index (χ0n) is 10.1. The van der Waals surface area contributed by atoms with E-state index in [0.29, 0.717) is 11.4 Å². The molecule has 1 aromatic carbocycles. The fraction of sp³-hybridized carbons (Fsp3) is 0.538. The fourth-order valence-electron chi connectivity index (χ4n) is 2.06. The van der Waals surface area contributed by atoms with Gasteiger partial charge in [-0.15, -0.1) is 0 Å². The number of halogens is 2. The summed E-state index contributed by atoms with van der Waals surface area (Å²) < 4.78 is 6.22. The lowest BCUT2D eigenvalue weighted by atomic mass is 10.1. The zero-order valence-corrected chi connectivity index (χ0v) is 12.5. The summed E-state index contributed by atoms with van der Waals surface area (Å²) in [5, 5.41) is 10.8. The summed E-state index contributed by atoms with van der Waals surface area (Å²) in [5.41, 5.74) is 0.799. The van der Waals surface area contributed by atoms with E-state index >= 15 is 0 Å². The lowest BCUT2D eigenvalue weighted by Gasteiger charge is -2.27. The fourth-order valence-corrected chi connectivity index (χ4v) is 2.86. The molecule has 18 heavy (non-hydrogen) atoms. The Morgan fingerprint density at radius 2 is 2.11 bits per heavy atom. The largest absolute Gasteiger partial charge is 0.388 e. The molecule has 3 nitrogen and oxygen atoms in total. The van der Waals surface area contributed by atoms with Gasteiger partial charge in [-0.3, -0.25) is 4.90 Å². The number of nitrogens with zero attached hydrogens (tertiary/aromatic N) is 1. The third-order valence-corrected chi connectivity index (χ3v) is 3.96. The zero-order chi connectivity index (χ0) is 13.0. The van der Waals surface area contributed by atoms with Gasteiger partial charge in [0.2, 0.25) is 0 Å². The smallest absolute Gasteiger partial charge is 0.0816 e. The molecule has 0 aliphatic carbocycles. The van der Waals surface area contributed by atoms with E-state index in [-0.39, 0.29) is 0 Å². The van der Waals surface area contributed by atoms with E-state index in [4.69, 9.17) is 16.3 Å². The Bertz CT molecular complexity index is 397. The van der Waals surface area contributed by atoms with Crippen LogP contribution in [-0.4, -0.2) is 42.9 Å². The summed E-state index contributed by atoms with van der Waals surface area (Å²) >= 11 is 9.48. The van der Waals surface area contributed by atoms with Crippen LogP contribution in [0.4, 0.5) is 0 Å². The quantitative estimate of drug-likeness (QED) is 0.919. The molecule has 0 bridgehead atoms. The Labute approximate surface area is 121 Å². The molecule has 0 radical (unpaired) electrons. The van der Waals surface area contributed by atoms with Crippen LogP contribution in [0.25, 0.3) is 0 Å². The van der Waals surface area contributed by atoms with E-state index in [1.165, 1.54) is 0 Å². The summed E-state index contributed by atoms with van der Waals surface area (Å²) in [5.74, 6) is 0. The van der Waals surface area contributed by atoms with Crippen LogP contribution < -0.4 is 0 Å². The second kappa shape index (κ2) is 6.87. The van der Waals surface area contributed by atoms with Crippen molar-refractivity contribution in [3.8, 4) is 0 Å². The Balaban J connectivity index is 1.88. The molecule has 1 saturated heterocycles. The van der Waals surface area contributed by atoms with Crippen LogP contribution in [0.1, 0.15) is 18.1 Å². The monoisotopic (exact) mass is 333 g/mol. The first-order chi connectivity index (χ1) is 8.66. The topological polar surface area (TPSA) is 32.7 Å². The average Bonchev–Trinajstić information content (AvgIpc) is 2.37. The standard InChI is InChI=1S/C13H17BrClNO2/c14-10-1-2-11(12(15)9-10)13(17)3-4-16-5-7-18-8-6-16/h1-2,9,13,17H,3-8H2. The highest BCUT2D eigenvalue weighted by Gasteiger charge is 2.15. The van der Waals surface area contributed by atoms with Crippen LogP contribution in [-0.2, 0) is 4.74 Å². The maximum absolute atomic E-state index is 10.2. The van der Waals surface area contributed by atoms with Crippen molar-refractivity contribution in [2.75, 3.05) is 32.8 Å². The number of aliphatic hydroxyl groups is 1. The molecule has 1 aromatic rings. The second-order valence-corrected chi connectivity index (χ2v) is 5.75. The first-order valence-electron chi connectivity index (χ1n) is 6.10. The minimum atomic E-state index is -0.506. The Morgan fingerprint density at radius 3 is 2.78 bits per heavy atom. The molecule has 0 amide bonds. The predicted octanol–water partition coefficient (Wildman–Crippen LogP) is 2.86. The number of ether oxygens (including phenoxy) is 1. The van der Waals surface area contributed by atoms with E-state index in [9.17, 15) is 5.11 Å². The van der Waals surface area contributed by atoms with Gasteiger partial charge in [-0.2, -0.15) is 0 Å². The van der Waals surface area contributed by atoms with Crippen molar-refractivity contribution in [2.24, 2.45) is 0 Å². The highest BCUT2D eigenvalue weighted by atomic mass is 79.9. The van der Waals surface area contributed by atoms with Crippen molar-refractivity contribution in [3.63, 3.8) is 0 Å². The molecule has 1 atom stereocenters. The van der Waals surface area contributed by atoms with Crippen LogP contribution in [0, 0.1) is 0 Å². The first-order valence-corrected chi connectivity index (χ1v) is 7.27. The summed E-state index contributed by atoms with van der Waals surface area (Å²) in [4.78, 5) is 2.31. The van der Waals surface area contributed by atoms with Crippen molar-refractivity contribution in [1.82, 2.24) is 4.90 Å². The van der Waals surface area contributed by atoms with Crippen molar-refractivity contribution in [2.45, 2.75) is 12.5 Å². The van der Waals surface area contributed by atoms with Crippen molar-refractivity contribution in [1.29, 1.82) is 0 Å². The Morgan fingerprint density at radius 1 is 1.39 bits per heavy atom. The molecular weight excluding hydrogens is 318 g/mol. The third-order valence-electron chi connectivity index (χ3n) is 3.14. The summed E-state index contributed by atoms with van der Waals surface area (Å²) in [6.07, 6.45) is 0.190. The van der Waals surface area contributed by atoms with Crippen molar-refractivity contribution in [3.05, 3.63) is 33.3 Å². The van der Waals surface area contributed by atoms with Gasteiger partial charge >= 0.3 is 0 Å². The molecule has 1 unspecified atom stereocenters. The molecule has 5 heteroatoms. The Kier molecular flexibility index (Phi) is 5.45. The van der Waals surface area contributed by atoms with Gasteiger partial charge in [0.25, 0.3) is 0 Å². The van der Waals surface area contributed by atoms with Crippen molar-refractivity contribution >= 4 is 27.5 Å². The SMILES string of the molecule is OC(CCN1CCOCC1)c1ccc(Br)cc1Cl. The van der Waals surface area contributed by atoms with Crippen LogP contribution in [0.15, 0.2) is 22.7 Å². The Hall–Kier alpha value is -0.130. The molecule has 0 saturated carbocycles. The van der Waals surface area contributed by atoms with Crippen LogP contribution >= 0.6 is 27.5 Å². The number of hydrogen-bond donors (Lipinski definition) is 1. The molecule has 1 N–H and O–H groups in total. The maximum atomic E-state index is 10.2. The number of hydrogen-bond acceptors (Lipinski definition) is 3. The van der Waals surface area contributed by atoms with Gasteiger partial charge in [0, 0.05) is 29.1 Å². The second-order valence-electron chi connectivity index (χ2n) is 4.42. The predicted molar refractivity (Wildman–Crippen MR) is 76.0 cm³/mol. The minimum Gasteiger partial charge on any atom is -0.388 e. The molecule has 1 heterocycles. The van der Waals surface area contributed by atoms with Crippen LogP contribution in [0.3, 0.4) is 0 Å². The molecule has 1 aliphatic rings. The van der Waals surface area contributed by atoms with E-state index in [1.54, 1.807) is 0 Å². The van der Waals surface area contributed by atoms with Gasteiger partial charge in [-0.05, 0) is 24.1 Å². The van der Waals surface area contributed by atoms with Gasteiger partial charge in [0.1, 0.15) is 0 Å². The van der Waals surface area contributed by atoms with E-state index in [1.807, 2.05) is 18.2 Å². The molecule has 100 valence electrons. The van der Waals surface area contributed by atoms with E-state index in [0.717, 1.165) is 42.9 Å². The number of morpholine rings is 1. The van der Waals surface area contributed by atoms with Gasteiger partial charge in [0.05, 0.1) is 19.3 Å². The first kappa shape index (κ1) is 14.3. The molecule has 0 spiro atoms. The molecule has 1 fully saturated rings.